The lowest BCUT2D eigenvalue weighted by atomic mass is 10.0. The Morgan fingerprint density at radius 3 is 2.58 bits per heavy atom. The first-order valence-corrected chi connectivity index (χ1v) is 8.63. The standard InChI is InChI=1S/C20H26N4/c1-7-13(4)20(24-15(6)9-18(23-24)12(2)3)16-8-14(5)19-17(10-16)11-21-22-19/h8-12H,7H2,1-6H3,(H,21,22)/b20-13+. The molecule has 0 aliphatic carbocycles. The highest BCUT2D eigenvalue weighted by Gasteiger charge is 2.16. The zero-order valence-electron chi connectivity index (χ0n) is 15.4. The van der Waals surface area contributed by atoms with Crippen LogP contribution in [-0.2, 0) is 0 Å². The average molecular weight is 322 g/mol. The zero-order chi connectivity index (χ0) is 17.4. The molecule has 1 N–H and O–H groups in total. The van der Waals surface area contributed by atoms with E-state index >= 15 is 0 Å². The zero-order valence-corrected chi connectivity index (χ0v) is 15.4. The van der Waals surface area contributed by atoms with Crippen LogP contribution in [0.3, 0.4) is 0 Å². The van der Waals surface area contributed by atoms with E-state index in [4.69, 9.17) is 5.10 Å². The molecule has 2 heterocycles. The molecule has 0 spiro atoms. The number of benzene rings is 1. The molecule has 0 radical (unpaired) electrons. The summed E-state index contributed by atoms with van der Waals surface area (Å²) in [6, 6.07) is 6.62. The molecule has 0 atom stereocenters. The lowest BCUT2D eigenvalue weighted by Gasteiger charge is -2.15. The van der Waals surface area contributed by atoms with Crippen LogP contribution < -0.4 is 0 Å². The van der Waals surface area contributed by atoms with Crippen molar-refractivity contribution < 1.29 is 0 Å². The lowest BCUT2D eigenvalue weighted by molar-refractivity contribution is 0.765. The first-order chi connectivity index (χ1) is 11.4. The number of allylic oxidation sites excluding steroid dienone is 1. The van der Waals surface area contributed by atoms with Gasteiger partial charge in [-0.3, -0.25) is 5.10 Å². The molecule has 126 valence electrons. The molecule has 1 aromatic carbocycles. The molecule has 0 saturated carbocycles. The van der Waals surface area contributed by atoms with Crippen molar-refractivity contribution in [2.24, 2.45) is 0 Å². The van der Waals surface area contributed by atoms with Gasteiger partial charge in [-0.1, -0.05) is 20.8 Å². The van der Waals surface area contributed by atoms with E-state index in [2.05, 4.69) is 74.6 Å². The van der Waals surface area contributed by atoms with E-state index in [0.717, 1.165) is 23.0 Å². The number of H-pyrrole nitrogens is 1. The molecule has 0 saturated heterocycles. The number of hydrogen-bond acceptors (Lipinski definition) is 2. The Balaban J connectivity index is 2.24. The van der Waals surface area contributed by atoms with Crippen LogP contribution in [0.5, 0.6) is 0 Å². The van der Waals surface area contributed by atoms with Crippen LogP contribution in [0.15, 0.2) is 30.0 Å². The number of nitrogens with zero attached hydrogens (tertiary/aromatic N) is 3. The second-order valence-corrected chi connectivity index (χ2v) is 6.89. The number of fused-ring (bicyclic) bond motifs is 1. The molecular weight excluding hydrogens is 296 g/mol. The summed E-state index contributed by atoms with van der Waals surface area (Å²) in [5, 5.41) is 13.3. The van der Waals surface area contributed by atoms with Crippen molar-refractivity contribution in [2.45, 2.75) is 53.9 Å². The van der Waals surface area contributed by atoms with Crippen LogP contribution in [0, 0.1) is 13.8 Å². The number of nitrogens with one attached hydrogen (secondary N) is 1. The summed E-state index contributed by atoms with van der Waals surface area (Å²) in [5.74, 6) is 0.422. The molecule has 0 aliphatic rings. The van der Waals surface area contributed by atoms with Gasteiger partial charge >= 0.3 is 0 Å². The Kier molecular flexibility index (Phi) is 4.31. The van der Waals surface area contributed by atoms with Gasteiger partial charge in [-0.2, -0.15) is 10.2 Å². The smallest absolute Gasteiger partial charge is 0.0710 e. The molecule has 0 bridgehead atoms. The normalized spacial score (nSPS) is 13.0. The second-order valence-electron chi connectivity index (χ2n) is 6.89. The number of rotatable bonds is 4. The maximum atomic E-state index is 4.89. The Morgan fingerprint density at radius 1 is 1.21 bits per heavy atom. The van der Waals surface area contributed by atoms with Gasteiger partial charge in [0, 0.05) is 16.6 Å². The van der Waals surface area contributed by atoms with Crippen molar-refractivity contribution in [1.29, 1.82) is 0 Å². The molecule has 0 amide bonds. The van der Waals surface area contributed by atoms with Crippen molar-refractivity contribution in [3.63, 3.8) is 0 Å². The summed E-state index contributed by atoms with van der Waals surface area (Å²) in [6.07, 6.45) is 2.88. The van der Waals surface area contributed by atoms with Crippen LogP contribution >= 0.6 is 0 Å². The van der Waals surface area contributed by atoms with Gasteiger partial charge in [-0.15, -0.1) is 0 Å². The maximum absolute atomic E-state index is 4.89. The summed E-state index contributed by atoms with van der Waals surface area (Å²) >= 11 is 0. The predicted molar refractivity (Wildman–Crippen MR) is 100 cm³/mol. The third kappa shape index (κ3) is 2.77. The van der Waals surface area contributed by atoms with Crippen LogP contribution in [0.4, 0.5) is 0 Å². The van der Waals surface area contributed by atoms with E-state index in [1.165, 1.54) is 28.1 Å². The quantitative estimate of drug-likeness (QED) is 0.718. The van der Waals surface area contributed by atoms with Gasteiger partial charge in [0.15, 0.2) is 0 Å². The van der Waals surface area contributed by atoms with E-state index in [0.29, 0.717) is 5.92 Å². The number of aromatic nitrogens is 4. The average Bonchev–Trinajstić information content (AvgIpc) is 3.15. The molecule has 24 heavy (non-hydrogen) atoms. The Bertz CT molecular complexity index is 909. The Morgan fingerprint density at radius 2 is 1.96 bits per heavy atom. The summed E-state index contributed by atoms with van der Waals surface area (Å²) in [7, 11) is 0. The highest BCUT2D eigenvalue weighted by Crippen LogP contribution is 2.29. The van der Waals surface area contributed by atoms with E-state index in [9.17, 15) is 0 Å². The van der Waals surface area contributed by atoms with Gasteiger partial charge in [0.25, 0.3) is 0 Å². The number of aromatic amines is 1. The summed E-state index contributed by atoms with van der Waals surface area (Å²) in [6.45, 7) is 13.0. The van der Waals surface area contributed by atoms with E-state index in [-0.39, 0.29) is 0 Å². The lowest BCUT2D eigenvalue weighted by Crippen LogP contribution is -2.07. The molecular formula is C20H26N4. The largest absolute Gasteiger partial charge is 0.278 e. The van der Waals surface area contributed by atoms with Crippen LogP contribution in [-0.4, -0.2) is 20.0 Å². The molecule has 4 nitrogen and oxygen atoms in total. The third-order valence-corrected chi connectivity index (χ3v) is 4.66. The minimum Gasteiger partial charge on any atom is -0.278 e. The van der Waals surface area contributed by atoms with Crippen LogP contribution in [0.2, 0.25) is 0 Å². The fourth-order valence-electron chi connectivity index (χ4n) is 3.10. The van der Waals surface area contributed by atoms with Gasteiger partial charge in [0.2, 0.25) is 0 Å². The third-order valence-electron chi connectivity index (χ3n) is 4.66. The molecule has 2 aromatic heterocycles. The topological polar surface area (TPSA) is 46.5 Å². The minimum absolute atomic E-state index is 0.422. The summed E-state index contributed by atoms with van der Waals surface area (Å²) in [4.78, 5) is 0. The highest BCUT2D eigenvalue weighted by molar-refractivity contribution is 5.86. The molecule has 3 rings (SSSR count). The van der Waals surface area contributed by atoms with Gasteiger partial charge in [0.1, 0.15) is 0 Å². The molecule has 0 aliphatic heterocycles. The van der Waals surface area contributed by atoms with Gasteiger partial charge in [-0.25, -0.2) is 4.68 Å². The first-order valence-electron chi connectivity index (χ1n) is 8.63. The van der Waals surface area contributed by atoms with Gasteiger partial charge in [-0.05, 0) is 62.4 Å². The fraction of sp³-hybridized carbons (Fsp3) is 0.400. The van der Waals surface area contributed by atoms with Crippen LogP contribution in [0.25, 0.3) is 16.6 Å². The Hall–Kier alpha value is -2.36. The van der Waals surface area contributed by atoms with E-state index < -0.39 is 0 Å². The number of aryl methyl sites for hydroxylation is 2. The monoisotopic (exact) mass is 322 g/mol. The van der Waals surface area contributed by atoms with Gasteiger partial charge < -0.3 is 0 Å². The SMILES string of the molecule is CC/C(C)=C(\c1cc(C)c2[nH]ncc2c1)n1nc(C(C)C)cc1C. The van der Waals surface area contributed by atoms with Crippen molar-refractivity contribution in [3.05, 3.63) is 52.5 Å². The fourth-order valence-corrected chi connectivity index (χ4v) is 3.10. The highest BCUT2D eigenvalue weighted by atomic mass is 15.3. The Labute approximate surface area is 143 Å². The van der Waals surface area contributed by atoms with Crippen LogP contribution in [0.1, 0.15) is 62.5 Å². The first kappa shape index (κ1) is 16.5. The van der Waals surface area contributed by atoms with Crippen molar-refractivity contribution in [3.8, 4) is 0 Å². The van der Waals surface area contributed by atoms with Crippen molar-refractivity contribution in [1.82, 2.24) is 20.0 Å². The molecule has 3 aromatic rings. The number of hydrogen-bond donors (Lipinski definition) is 1. The second kappa shape index (κ2) is 6.27. The summed E-state index contributed by atoms with van der Waals surface area (Å²) < 4.78 is 2.11. The van der Waals surface area contributed by atoms with Crippen molar-refractivity contribution >= 4 is 16.6 Å². The van der Waals surface area contributed by atoms with Crippen molar-refractivity contribution in [2.75, 3.05) is 0 Å². The van der Waals surface area contributed by atoms with Gasteiger partial charge in [0.05, 0.1) is 23.1 Å². The summed E-state index contributed by atoms with van der Waals surface area (Å²) in [5.41, 5.74) is 8.33. The molecule has 0 unspecified atom stereocenters. The molecule has 4 heteroatoms. The minimum atomic E-state index is 0.422. The van der Waals surface area contributed by atoms with E-state index in [1.54, 1.807) is 0 Å². The maximum Gasteiger partial charge on any atom is 0.0710 e. The van der Waals surface area contributed by atoms with E-state index in [1.807, 2.05) is 6.20 Å². The predicted octanol–water partition coefficient (Wildman–Crippen LogP) is 5.19. The molecule has 0 fully saturated rings.